The summed E-state index contributed by atoms with van der Waals surface area (Å²) in [7, 11) is -4.67. The Labute approximate surface area is 87.1 Å². The molecule has 0 saturated heterocycles. The summed E-state index contributed by atoms with van der Waals surface area (Å²) in [4.78, 5) is 0. The molecule has 0 saturated carbocycles. The minimum atomic E-state index is -4.67. The van der Waals surface area contributed by atoms with Crippen LogP contribution in [0, 0.1) is 0 Å². The first-order chi connectivity index (χ1) is 2.00. The first-order valence-corrected chi connectivity index (χ1v) is 2.10. The molecule has 0 aliphatic rings. The van der Waals surface area contributed by atoms with Crippen molar-refractivity contribution in [2.24, 2.45) is 0 Å². The third kappa shape index (κ3) is 122. The maximum absolute atomic E-state index is 8.74. The molecule has 5 nitrogen and oxygen atoms in total. The summed E-state index contributed by atoms with van der Waals surface area (Å²) in [5.41, 5.74) is 0. The van der Waals surface area contributed by atoms with Gasteiger partial charge in [0.05, 0.1) is 0 Å². The Morgan fingerprint density at radius 3 is 1.00 bits per heavy atom. The van der Waals surface area contributed by atoms with Crippen molar-refractivity contribution >= 4 is 65.0 Å². The van der Waals surface area contributed by atoms with Gasteiger partial charge in [-0.2, -0.15) is 8.42 Å². The molecule has 0 rings (SSSR count). The standard InChI is InChI=1S/H2O4S.H2O.2Pb.4H/c1-5(2,3)4;;;;;;;/h(H2,1,2,3,4);1H2;;;;;;. The van der Waals surface area contributed by atoms with Crippen LogP contribution in [0.5, 0.6) is 0 Å². The Morgan fingerprint density at radius 1 is 1.00 bits per heavy atom. The van der Waals surface area contributed by atoms with E-state index < -0.39 is 10.4 Å². The molecule has 0 atom stereocenters. The summed E-state index contributed by atoms with van der Waals surface area (Å²) >= 11 is 0. The van der Waals surface area contributed by atoms with E-state index in [0.29, 0.717) is 0 Å². The van der Waals surface area contributed by atoms with Gasteiger partial charge < -0.3 is 5.48 Å². The van der Waals surface area contributed by atoms with Gasteiger partial charge in [0.25, 0.3) is 0 Å². The average molecular weight is 535 g/mol. The van der Waals surface area contributed by atoms with Crippen LogP contribution in [0.3, 0.4) is 0 Å². The quantitative estimate of drug-likeness (QED) is 0.251. The molecule has 0 bridgehead atoms. The molecule has 0 aromatic heterocycles. The molecular weight excluding hydrogens is 526 g/mol. The summed E-state index contributed by atoms with van der Waals surface area (Å²) in [5, 5.41) is 0. The summed E-state index contributed by atoms with van der Waals surface area (Å²) in [6, 6.07) is 0. The van der Waals surface area contributed by atoms with Gasteiger partial charge in [0.2, 0.25) is 0 Å². The van der Waals surface area contributed by atoms with E-state index in [9.17, 15) is 0 Å². The summed E-state index contributed by atoms with van der Waals surface area (Å²) in [6.45, 7) is 0. The van der Waals surface area contributed by atoms with Crippen molar-refractivity contribution < 1.29 is 23.0 Å². The second-order valence-electron chi connectivity index (χ2n) is 0.448. The van der Waals surface area contributed by atoms with Crippen molar-refractivity contribution in [3.05, 3.63) is 0 Å². The van der Waals surface area contributed by atoms with Gasteiger partial charge >= 0.3 is 65.0 Å². The van der Waals surface area contributed by atoms with Crippen molar-refractivity contribution in [2.45, 2.75) is 0 Å². The fourth-order valence-corrected chi connectivity index (χ4v) is 0. The van der Waals surface area contributed by atoms with Gasteiger partial charge in [-0.1, -0.05) is 0 Å². The van der Waals surface area contributed by atoms with Gasteiger partial charge in [-0.15, -0.1) is 0 Å². The molecule has 0 fully saturated rings. The molecule has 8 heavy (non-hydrogen) atoms. The molecule has 52 valence electrons. The van der Waals surface area contributed by atoms with Crippen molar-refractivity contribution in [3.63, 3.8) is 0 Å². The van der Waals surface area contributed by atoms with Crippen LogP contribution in [0.2, 0.25) is 0 Å². The maximum atomic E-state index is 8.74. The van der Waals surface area contributed by atoms with E-state index in [1.165, 1.54) is 0 Å². The van der Waals surface area contributed by atoms with Gasteiger partial charge in [0, 0.05) is 0 Å². The van der Waals surface area contributed by atoms with E-state index >= 15 is 0 Å². The molecule has 0 aliphatic carbocycles. The SMILES string of the molecule is O.O=S(=O)(O)O.[PbH2].[PbH2]. The second-order valence-corrected chi connectivity index (χ2v) is 1.34. The molecule has 0 amide bonds. The fourth-order valence-electron chi connectivity index (χ4n) is 0. The van der Waals surface area contributed by atoms with Gasteiger partial charge in [-0.25, -0.2) is 0 Å². The van der Waals surface area contributed by atoms with E-state index in [-0.39, 0.29) is 60.1 Å². The molecule has 4 radical (unpaired) electrons. The zero-order valence-corrected chi connectivity index (χ0v) is 15.8. The molecule has 8 heteroatoms. The molecule has 0 aromatic rings. The van der Waals surface area contributed by atoms with Crippen LogP contribution in [0.1, 0.15) is 0 Å². The molecular formula is H8O5Pb2S. The van der Waals surface area contributed by atoms with Crippen molar-refractivity contribution in [3.8, 4) is 0 Å². The van der Waals surface area contributed by atoms with E-state index in [4.69, 9.17) is 17.5 Å². The number of hydrogen-bond donors (Lipinski definition) is 2. The molecule has 0 unspecified atom stereocenters. The zero-order valence-electron chi connectivity index (χ0n) is 4.03. The molecule has 0 heterocycles. The van der Waals surface area contributed by atoms with Crippen LogP contribution in [0.25, 0.3) is 0 Å². The third-order valence-electron chi connectivity index (χ3n) is 0. The Balaban J connectivity index is -0.0000000267. The van der Waals surface area contributed by atoms with Crippen molar-refractivity contribution in [2.75, 3.05) is 0 Å². The predicted octanol–water partition coefficient (Wildman–Crippen LogP) is -3.31. The van der Waals surface area contributed by atoms with Crippen LogP contribution in [-0.4, -0.2) is 77.6 Å². The van der Waals surface area contributed by atoms with E-state index in [0.717, 1.165) is 0 Å². The third-order valence-corrected chi connectivity index (χ3v) is 0. The van der Waals surface area contributed by atoms with E-state index in [2.05, 4.69) is 0 Å². The van der Waals surface area contributed by atoms with Crippen LogP contribution in [0.4, 0.5) is 0 Å². The van der Waals surface area contributed by atoms with Crippen molar-refractivity contribution in [1.82, 2.24) is 0 Å². The molecule has 0 aliphatic heterocycles. The van der Waals surface area contributed by atoms with E-state index in [1.54, 1.807) is 0 Å². The summed E-state index contributed by atoms with van der Waals surface area (Å²) in [5.74, 6) is 0. The van der Waals surface area contributed by atoms with Gasteiger partial charge in [0.15, 0.2) is 0 Å². The first-order valence-electron chi connectivity index (χ1n) is 0.698. The summed E-state index contributed by atoms with van der Waals surface area (Å²) in [6.07, 6.45) is 0. The number of hydrogen-bond acceptors (Lipinski definition) is 2. The van der Waals surface area contributed by atoms with E-state index in [1.807, 2.05) is 0 Å². The van der Waals surface area contributed by atoms with Crippen LogP contribution in [0.15, 0.2) is 0 Å². The molecule has 4 N–H and O–H groups in total. The number of rotatable bonds is 0. The average Bonchev–Trinajstić information content (AvgIpc) is 0.722. The second kappa shape index (κ2) is 8.67. The molecule has 0 spiro atoms. The van der Waals surface area contributed by atoms with Crippen LogP contribution in [-0.2, 0) is 10.4 Å². The first kappa shape index (κ1) is 22.6. The Bertz CT molecular complexity index is 93.6. The Hall–Kier alpha value is 1.67. The predicted molar refractivity (Wildman–Crippen MR) is 34.9 cm³/mol. The van der Waals surface area contributed by atoms with Gasteiger partial charge in [-0.3, -0.25) is 9.11 Å². The van der Waals surface area contributed by atoms with Crippen LogP contribution < -0.4 is 0 Å². The Kier molecular flexibility index (Phi) is 24.5. The van der Waals surface area contributed by atoms with Crippen molar-refractivity contribution in [1.29, 1.82) is 0 Å². The normalized spacial score (nSPS) is 7.25. The van der Waals surface area contributed by atoms with Gasteiger partial charge in [0.1, 0.15) is 0 Å². The summed E-state index contributed by atoms with van der Waals surface area (Å²) < 4.78 is 31.6. The topological polar surface area (TPSA) is 106 Å². The molecule has 0 aromatic carbocycles. The Morgan fingerprint density at radius 2 is 1.00 bits per heavy atom. The zero-order chi connectivity index (χ0) is 4.50. The fraction of sp³-hybridized carbons (Fsp3) is 0. The van der Waals surface area contributed by atoms with Crippen LogP contribution >= 0.6 is 0 Å². The minimum absolute atomic E-state index is 0. The van der Waals surface area contributed by atoms with Gasteiger partial charge in [-0.05, 0) is 0 Å². The monoisotopic (exact) mass is 536 g/mol.